The van der Waals surface area contributed by atoms with Crippen molar-refractivity contribution in [1.82, 2.24) is 4.90 Å². The number of aliphatic hydroxyl groups excluding tert-OH is 1. The molecule has 3 nitrogen and oxygen atoms in total. The van der Waals surface area contributed by atoms with Crippen molar-refractivity contribution in [2.24, 2.45) is 0 Å². The molecule has 22 heavy (non-hydrogen) atoms. The highest BCUT2D eigenvalue weighted by molar-refractivity contribution is 5.86. The van der Waals surface area contributed by atoms with Crippen LogP contribution in [0.3, 0.4) is 0 Å². The molecule has 0 spiro atoms. The molecule has 0 saturated carbocycles. The van der Waals surface area contributed by atoms with Gasteiger partial charge in [0, 0.05) is 6.54 Å². The predicted molar refractivity (Wildman–Crippen MR) is 94.8 cm³/mol. The SMILES string of the molecule is CCN(CC)CCOCC(O)c1cccc2ccccc12.Cl. The Morgan fingerprint density at radius 3 is 2.45 bits per heavy atom. The maximum atomic E-state index is 10.4. The lowest BCUT2D eigenvalue weighted by Crippen LogP contribution is -2.27. The fraction of sp³-hybridized carbons (Fsp3) is 0.444. The summed E-state index contributed by atoms with van der Waals surface area (Å²) < 4.78 is 5.64. The molecule has 0 fully saturated rings. The van der Waals surface area contributed by atoms with Gasteiger partial charge in [0.1, 0.15) is 6.10 Å². The first-order valence-electron chi connectivity index (χ1n) is 7.72. The van der Waals surface area contributed by atoms with Crippen LogP contribution in [-0.2, 0) is 4.74 Å². The summed E-state index contributed by atoms with van der Waals surface area (Å²) in [6.45, 7) is 8.27. The highest BCUT2D eigenvalue weighted by Crippen LogP contribution is 2.24. The third-order valence-corrected chi connectivity index (χ3v) is 3.90. The van der Waals surface area contributed by atoms with Gasteiger partial charge < -0.3 is 14.7 Å². The second kappa shape index (κ2) is 9.80. The van der Waals surface area contributed by atoms with Crippen LogP contribution < -0.4 is 0 Å². The first-order chi connectivity index (χ1) is 10.3. The molecule has 1 N–H and O–H groups in total. The number of nitrogens with zero attached hydrogens (tertiary/aromatic N) is 1. The van der Waals surface area contributed by atoms with E-state index in [0.29, 0.717) is 13.2 Å². The van der Waals surface area contributed by atoms with Crippen LogP contribution in [0.2, 0.25) is 0 Å². The Bertz CT molecular complexity index is 552. The van der Waals surface area contributed by atoms with Gasteiger partial charge in [-0.15, -0.1) is 12.4 Å². The minimum absolute atomic E-state index is 0. The van der Waals surface area contributed by atoms with Crippen LogP contribution in [0.4, 0.5) is 0 Å². The Hall–Kier alpha value is -1.13. The Balaban J connectivity index is 0.00000242. The van der Waals surface area contributed by atoms with Crippen molar-refractivity contribution in [1.29, 1.82) is 0 Å². The van der Waals surface area contributed by atoms with Gasteiger partial charge >= 0.3 is 0 Å². The molecule has 1 unspecified atom stereocenters. The number of fused-ring (bicyclic) bond motifs is 1. The second-order valence-corrected chi connectivity index (χ2v) is 5.19. The number of rotatable bonds is 8. The van der Waals surface area contributed by atoms with Crippen LogP contribution in [0.25, 0.3) is 10.8 Å². The van der Waals surface area contributed by atoms with Crippen molar-refractivity contribution >= 4 is 23.2 Å². The van der Waals surface area contributed by atoms with Crippen molar-refractivity contribution in [3.8, 4) is 0 Å². The zero-order valence-corrected chi connectivity index (χ0v) is 14.2. The summed E-state index contributed by atoms with van der Waals surface area (Å²) >= 11 is 0. The molecule has 4 heteroatoms. The van der Waals surface area contributed by atoms with Crippen molar-refractivity contribution in [3.05, 3.63) is 48.0 Å². The van der Waals surface area contributed by atoms with E-state index in [1.165, 1.54) is 0 Å². The van der Waals surface area contributed by atoms with E-state index in [0.717, 1.165) is 36.0 Å². The van der Waals surface area contributed by atoms with E-state index in [4.69, 9.17) is 4.74 Å². The van der Waals surface area contributed by atoms with Gasteiger partial charge in [-0.3, -0.25) is 0 Å². The van der Waals surface area contributed by atoms with Gasteiger partial charge in [0.05, 0.1) is 13.2 Å². The van der Waals surface area contributed by atoms with Gasteiger partial charge in [0.25, 0.3) is 0 Å². The highest BCUT2D eigenvalue weighted by atomic mass is 35.5. The molecule has 0 aliphatic carbocycles. The summed E-state index contributed by atoms with van der Waals surface area (Å²) in [5, 5.41) is 12.6. The molecular formula is C18H26ClNO2. The van der Waals surface area contributed by atoms with E-state index in [1.54, 1.807) is 0 Å². The van der Waals surface area contributed by atoms with E-state index in [1.807, 2.05) is 30.3 Å². The van der Waals surface area contributed by atoms with Gasteiger partial charge in [-0.2, -0.15) is 0 Å². The highest BCUT2D eigenvalue weighted by Gasteiger charge is 2.11. The lowest BCUT2D eigenvalue weighted by atomic mass is 10.0. The lowest BCUT2D eigenvalue weighted by molar-refractivity contribution is 0.0280. The van der Waals surface area contributed by atoms with Crippen LogP contribution >= 0.6 is 12.4 Å². The first-order valence-corrected chi connectivity index (χ1v) is 7.72. The minimum Gasteiger partial charge on any atom is -0.386 e. The summed E-state index contributed by atoms with van der Waals surface area (Å²) in [6, 6.07) is 14.1. The molecular weight excluding hydrogens is 298 g/mol. The van der Waals surface area contributed by atoms with E-state index in [2.05, 4.69) is 30.9 Å². The van der Waals surface area contributed by atoms with Crippen LogP contribution in [0, 0.1) is 0 Å². The fourth-order valence-corrected chi connectivity index (χ4v) is 2.56. The Kier molecular flexibility index (Phi) is 8.43. The number of halogens is 1. The zero-order valence-electron chi connectivity index (χ0n) is 13.4. The van der Waals surface area contributed by atoms with Crippen LogP contribution in [0.15, 0.2) is 42.5 Å². The predicted octanol–water partition coefficient (Wildman–Crippen LogP) is 3.65. The molecule has 0 saturated heterocycles. The van der Waals surface area contributed by atoms with Crippen LogP contribution in [0.5, 0.6) is 0 Å². The van der Waals surface area contributed by atoms with E-state index in [9.17, 15) is 5.11 Å². The first kappa shape index (κ1) is 18.9. The molecule has 0 heterocycles. The number of likely N-dealkylation sites (N-methyl/N-ethyl adjacent to an activating group) is 1. The third kappa shape index (κ3) is 4.96. The van der Waals surface area contributed by atoms with E-state index >= 15 is 0 Å². The van der Waals surface area contributed by atoms with Crippen LogP contribution in [0.1, 0.15) is 25.5 Å². The van der Waals surface area contributed by atoms with Gasteiger partial charge in [-0.05, 0) is 29.4 Å². The molecule has 0 aliphatic heterocycles. The maximum Gasteiger partial charge on any atom is 0.103 e. The molecule has 0 aromatic heterocycles. The molecule has 0 radical (unpaired) electrons. The summed E-state index contributed by atoms with van der Waals surface area (Å²) in [7, 11) is 0. The normalized spacial score (nSPS) is 12.4. The molecule has 0 amide bonds. The number of aliphatic hydroxyl groups is 1. The third-order valence-electron chi connectivity index (χ3n) is 3.90. The fourth-order valence-electron chi connectivity index (χ4n) is 2.56. The maximum absolute atomic E-state index is 10.4. The summed E-state index contributed by atoms with van der Waals surface area (Å²) in [6.07, 6.45) is -0.576. The average Bonchev–Trinajstić information content (AvgIpc) is 2.54. The minimum atomic E-state index is -0.576. The standard InChI is InChI=1S/C18H25NO2.ClH/c1-3-19(4-2)12-13-21-14-18(20)17-11-7-9-15-8-5-6-10-16(15)17;/h5-11,18,20H,3-4,12-14H2,1-2H3;1H. The largest absolute Gasteiger partial charge is 0.386 e. The van der Waals surface area contributed by atoms with Crippen LogP contribution in [-0.4, -0.2) is 42.9 Å². The Morgan fingerprint density at radius 1 is 1.05 bits per heavy atom. The van der Waals surface area contributed by atoms with Crippen molar-refractivity contribution in [2.45, 2.75) is 20.0 Å². The second-order valence-electron chi connectivity index (χ2n) is 5.19. The molecule has 2 aromatic rings. The lowest BCUT2D eigenvalue weighted by Gasteiger charge is -2.19. The quantitative estimate of drug-likeness (QED) is 0.753. The van der Waals surface area contributed by atoms with Crippen molar-refractivity contribution in [3.63, 3.8) is 0 Å². The van der Waals surface area contributed by atoms with Crippen molar-refractivity contribution in [2.75, 3.05) is 32.8 Å². The van der Waals surface area contributed by atoms with Gasteiger partial charge in [-0.25, -0.2) is 0 Å². The topological polar surface area (TPSA) is 32.7 Å². The summed E-state index contributed by atoms with van der Waals surface area (Å²) in [5.41, 5.74) is 0.941. The summed E-state index contributed by atoms with van der Waals surface area (Å²) in [5.74, 6) is 0. The molecule has 0 bridgehead atoms. The van der Waals surface area contributed by atoms with Gasteiger partial charge in [-0.1, -0.05) is 56.3 Å². The Labute approximate surface area is 139 Å². The molecule has 0 aliphatic rings. The number of ether oxygens (including phenoxy) is 1. The smallest absolute Gasteiger partial charge is 0.103 e. The average molecular weight is 324 g/mol. The van der Waals surface area contributed by atoms with Gasteiger partial charge in [0.2, 0.25) is 0 Å². The number of benzene rings is 2. The number of hydrogen-bond acceptors (Lipinski definition) is 3. The Morgan fingerprint density at radius 2 is 1.73 bits per heavy atom. The number of hydrogen-bond donors (Lipinski definition) is 1. The van der Waals surface area contributed by atoms with Crippen molar-refractivity contribution < 1.29 is 9.84 Å². The zero-order chi connectivity index (χ0) is 15.1. The van der Waals surface area contributed by atoms with E-state index in [-0.39, 0.29) is 12.4 Å². The van der Waals surface area contributed by atoms with E-state index < -0.39 is 6.10 Å². The molecule has 122 valence electrons. The summed E-state index contributed by atoms with van der Waals surface area (Å²) in [4.78, 5) is 2.31. The molecule has 2 aromatic carbocycles. The molecule has 2 rings (SSSR count). The molecule has 1 atom stereocenters. The van der Waals surface area contributed by atoms with Gasteiger partial charge in [0.15, 0.2) is 0 Å². The monoisotopic (exact) mass is 323 g/mol.